The minimum atomic E-state index is -0.397. The van der Waals surface area contributed by atoms with Gasteiger partial charge in [0.05, 0.1) is 12.7 Å². The number of aromatic nitrogens is 2. The summed E-state index contributed by atoms with van der Waals surface area (Å²) in [5.74, 6) is -0.397. The molecule has 98 valence electrons. The Hall–Kier alpha value is -2.08. The van der Waals surface area contributed by atoms with Gasteiger partial charge in [0.1, 0.15) is 0 Å². The number of carbonyl (C=O) groups excluding carboxylic acids is 1. The summed E-state index contributed by atoms with van der Waals surface area (Å²) in [5.41, 5.74) is 7.89. The first kappa shape index (κ1) is 13.4. The Morgan fingerprint density at radius 3 is 2.63 bits per heavy atom. The zero-order chi connectivity index (χ0) is 13.8. The van der Waals surface area contributed by atoms with Crippen molar-refractivity contribution in [1.29, 1.82) is 0 Å². The van der Waals surface area contributed by atoms with Crippen LogP contribution in [0.15, 0.2) is 40.6 Å². The van der Waals surface area contributed by atoms with Crippen LogP contribution in [0.25, 0.3) is 0 Å². The number of hydrogen-bond donors (Lipinski definition) is 1. The highest BCUT2D eigenvalue weighted by Crippen LogP contribution is 2.30. The number of esters is 1. The number of hydrogen-bond acceptors (Lipinski definition) is 6. The van der Waals surface area contributed by atoms with Gasteiger partial charge in [-0.1, -0.05) is 0 Å². The van der Waals surface area contributed by atoms with Gasteiger partial charge in [-0.3, -0.25) is 0 Å². The van der Waals surface area contributed by atoms with Crippen molar-refractivity contribution in [1.82, 2.24) is 9.97 Å². The minimum absolute atomic E-state index is 0.397. The van der Waals surface area contributed by atoms with E-state index in [9.17, 15) is 4.79 Å². The number of carbonyl (C=O) groups is 1. The van der Waals surface area contributed by atoms with Crippen molar-refractivity contribution in [3.8, 4) is 0 Å². The van der Waals surface area contributed by atoms with Gasteiger partial charge in [0.25, 0.3) is 0 Å². The topological polar surface area (TPSA) is 78.1 Å². The molecular formula is C13H13N3O2S. The van der Waals surface area contributed by atoms with Crippen LogP contribution in [-0.2, 0) is 4.74 Å². The highest BCUT2D eigenvalue weighted by atomic mass is 32.2. The van der Waals surface area contributed by atoms with Crippen LogP contribution >= 0.6 is 11.8 Å². The number of nitrogen functional groups attached to an aromatic ring is 1. The van der Waals surface area contributed by atoms with Gasteiger partial charge in [-0.15, -0.1) is 0 Å². The summed E-state index contributed by atoms with van der Waals surface area (Å²) in [6.07, 6.45) is 3.46. The molecule has 0 fully saturated rings. The Kier molecular flexibility index (Phi) is 4.01. The molecule has 1 aromatic carbocycles. The van der Waals surface area contributed by atoms with Crippen LogP contribution in [0.3, 0.4) is 0 Å². The molecular weight excluding hydrogens is 262 g/mol. The first-order valence-corrected chi connectivity index (χ1v) is 6.36. The molecule has 1 aromatic heterocycles. The van der Waals surface area contributed by atoms with Gasteiger partial charge < -0.3 is 10.5 Å². The van der Waals surface area contributed by atoms with Gasteiger partial charge in [0.15, 0.2) is 5.16 Å². The summed E-state index contributed by atoms with van der Waals surface area (Å²) >= 11 is 1.31. The molecule has 0 unspecified atom stereocenters. The SMILES string of the molecule is COC(=O)c1ccc(N)c(Sc2ncc(C)cn2)c1. The lowest BCUT2D eigenvalue weighted by Gasteiger charge is -2.06. The van der Waals surface area contributed by atoms with Crippen molar-refractivity contribution in [2.75, 3.05) is 12.8 Å². The van der Waals surface area contributed by atoms with E-state index in [0.717, 1.165) is 10.5 Å². The number of anilines is 1. The molecule has 0 aliphatic heterocycles. The third kappa shape index (κ3) is 3.23. The number of nitrogens with two attached hydrogens (primary N) is 1. The van der Waals surface area contributed by atoms with E-state index in [1.165, 1.54) is 18.9 Å². The molecule has 0 saturated carbocycles. The zero-order valence-electron chi connectivity index (χ0n) is 10.6. The summed E-state index contributed by atoms with van der Waals surface area (Å²) in [7, 11) is 1.34. The van der Waals surface area contributed by atoms with Crippen LogP contribution in [0.1, 0.15) is 15.9 Å². The maximum Gasteiger partial charge on any atom is 0.337 e. The third-order valence-corrected chi connectivity index (χ3v) is 3.36. The normalized spacial score (nSPS) is 10.2. The van der Waals surface area contributed by atoms with E-state index in [0.29, 0.717) is 16.4 Å². The highest BCUT2D eigenvalue weighted by Gasteiger charge is 2.10. The Morgan fingerprint density at radius 1 is 1.32 bits per heavy atom. The first-order valence-electron chi connectivity index (χ1n) is 5.54. The monoisotopic (exact) mass is 275 g/mol. The third-order valence-electron chi connectivity index (χ3n) is 2.39. The molecule has 2 rings (SSSR count). The Balaban J connectivity index is 2.28. The molecule has 5 nitrogen and oxygen atoms in total. The summed E-state index contributed by atoms with van der Waals surface area (Å²) < 4.78 is 4.68. The van der Waals surface area contributed by atoms with Gasteiger partial charge >= 0.3 is 5.97 Å². The fourth-order valence-corrected chi connectivity index (χ4v) is 2.18. The number of nitrogens with zero attached hydrogens (tertiary/aromatic N) is 2. The van der Waals surface area contributed by atoms with Gasteiger partial charge in [0, 0.05) is 23.0 Å². The molecule has 0 aliphatic carbocycles. The summed E-state index contributed by atoms with van der Waals surface area (Å²) in [6, 6.07) is 4.97. The standard InChI is InChI=1S/C13H13N3O2S/c1-8-6-15-13(16-7-8)19-11-5-9(12(17)18-2)3-4-10(11)14/h3-7H,14H2,1-2H3. The van der Waals surface area contributed by atoms with Gasteiger partial charge in [-0.25, -0.2) is 14.8 Å². The Bertz CT molecular complexity index is 599. The number of methoxy groups -OCH3 is 1. The molecule has 6 heteroatoms. The molecule has 0 saturated heterocycles. The molecule has 19 heavy (non-hydrogen) atoms. The van der Waals surface area contributed by atoms with E-state index < -0.39 is 5.97 Å². The van der Waals surface area contributed by atoms with Crippen LogP contribution in [0, 0.1) is 6.92 Å². The van der Waals surface area contributed by atoms with Crippen molar-refractivity contribution >= 4 is 23.4 Å². The van der Waals surface area contributed by atoms with E-state index in [2.05, 4.69) is 14.7 Å². The van der Waals surface area contributed by atoms with Crippen molar-refractivity contribution in [2.45, 2.75) is 17.0 Å². The van der Waals surface area contributed by atoms with E-state index in [-0.39, 0.29) is 0 Å². The summed E-state index contributed by atoms with van der Waals surface area (Å²) in [4.78, 5) is 20.6. The summed E-state index contributed by atoms with van der Waals surface area (Å²) in [5, 5.41) is 0.583. The van der Waals surface area contributed by atoms with Crippen molar-refractivity contribution in [3.05, 3.63) is 41.7 Å². The molecule has 0 aliphatic rings. The Morgan fingerprint density at radius 2 is 2.00 bits per heavy atom. The molecule has 2 N–H and O–H groups in total. The smallest absolute Gasteiger partial charge is 0.337 e. The van der Waals surface area contributed by atoms with Gasteiger partial charge in [0.2, 0.25) is 0 Å². The quantitative estimate of drug-likeness (QED) is 0.526. The van der Waals surface area contributed by atoms with Crippen molar-refractivity contribution < 1.29 is 9.53 Å². The zero-order valence-corrected chi connectivity index (χ0v) is 11.4. The van der Waals surface area contributed by atoms with Crippen LogP contribution in [-0.4, -0.2) is 23.0 Å². The van der Waals surface area contributed by atoms with Gasteiger partial charge in [-0.05, 0) is 42.4 Å². The second kappa shape index (κ2) is 5.71. The lowest BCUT2D eigenvalue weighted by molar-refractivity contribution is 0.0600. The number of aryl methyl sites for hydroxylation is 1. The van der Waals surface area contributed by atoms with Crippen LogP contribution < -0.4 is 5.73 Å². The molecule has 0 amide bonds. The van der Waals surface area contributed by atoms with Crippen molar-refractivity contribution in [2.24, 2.45) is 0 Å². The first-order chi connectivity index (χ1) is 9.10. The van der Waals surface area contributed by atoms with Crippen LogP contribution in [0.2, 0.25) is 0 Å². The van der Waals surface area contributed by atoms with E-state index in [1.807, 2.05) is 6.92 Å². The highest BCUT2D eigenvalue weighted by molar-refractivity contribution is 7.99. The Labute approximate surface area is 115 Å². The average Bonchev–Trinajstić information content (AvgIpc) is 2.43. The molecule has 0 bridgehead atoms. The van der Waals surface area contributed by atoms with Crippen LogP contribution in [0.5, 0.6) is 0 Å². The average molecular weight is 275 g/mol. The molecule has 0 spiro atoms. The number of rotatable bonds is 3. The molecule has 0 atom stereocenters. The van der Waals surface area contributed by atoms with E-state index in [4.69, 9.17) is 5.73 Å². The lowest BCUT2D eigenvalue weighted by atomic mass is 10.2. The fourth-order valence-electron chi connectivity index (χ4n) is 1.40. The van der Waals surface area contributed by atoms with Crippen LogP contribution in [0.4, 0.5) is 5.69 Å². The van der Waals surface area contributed by atoms with E-state index in [1.54, 1.807) is 30.6 Å². The predicted octanol–water partition coefficient (Wildman–Crippen LogP) is 2.31. The second-order valence-corrected chi connectivity index (χ2v) is 4.90. The van der Waals surface area contributed by atoms with E-state index >= 15 is 0 Å². The number of benzene rings is 1. The maximum atomic E-state index is 11.5. The largest absolute Gasteiger partial charge is 0.465 e. The predicted molar refractivity (Wildman–Crippen MR) is 73.1 cm³/mol. The van der Waals surface area contributed by atoms with Gasteiger partial charge in [-0.2, -0.15) is 0 Å². The molecule has 1 heterocycles. The minimum Gasteiger partial charge on any atom is -0.465 e. The maximum absolute atomic E-state index is 11.5. The molecule has 0 radical (unpaired) electrons. The second-order valence-electron chi connectivity index (χ2n) is 3.89. The van der Waals surface area contributed by atoms with Crippen molar-refractivity contribution in [3.63, 3.8) is 0 Å². The molecule has 2 aromatic rings. The number of ether oxygens (including phenoxy) is 1. The fraction of sp³-hybridized carbons (Fsp3) is 0.154. The lowest BCUT2D eigenvalue weighted by Crippen LogP contribution is -2.02. The summed E-state index contributed by atoms with van der Waals surface area (Å²) in [6.45, 7) is 1.92.